The Balaban J connectivity index is 1.62. The molecule has 0 saturated carbocycles. The number of aromatic nitrogens is 2. The highest BCUT2D eigenvalue weighted by molar-refractivity contribution is 6.30. The summed E-state index contributed by atoms with van der Waals surface area (Å²) in [5.74, 6) is -0.188. The van der Waals surface area contributed by atoms with E-state index in [-0.39, 0.29) is 16.9 Å². The second kappa shape index (κ2) is 6.29. The molecule has 7 heteroatoms. The van der Waals surface area contributed by atoms with Gasteiger partial charge in [-0.3, -0.25) is 14.3 Å². The monoisotopic (exact) mass is 398 g/mol. The van der Waals surface area contributed by atoms with E-state index in [1.807, 2.05) is 18.2 Å². The molecule has 144 valence electrons. The topological polar surface area (TPSA) is 41.4 Å². The van der Waals surface area contributed by atoms with Gasteiger partial charge in [0.1, 0.15) is 11.6 Å². The van der Waals surface area contributed by atoms with Gasteiger partial charge in [-0.1, -0.05) is 11.6 Å². The molecule has 2 fully saturated rings. The minimum absolute atomic E-state index is 0.192. The third-order valence-electron chi connectivity index (χ3n) is 6.07. The Morgan fingerprint density at radius 3 is 2.64 bits per heavy atom. The van der Waals surface area contributed by atoms with Crippen molar-refractivity contribution in [3.05, 3.63) is 57.6 Å². The fraction of sp³-hybridized carbons (Fsp3) is 0.333. The molecule has 0 amide bonds. The number of rotatable bonds is 2. The standard InChI is InChI=1S/C21H20ClFN4O/c1-25-10-15-8-14(25)11-27(15)13-4-6-19-17(9-13)21(28)26(2)20(24-19)16-7-12(22)3-5-18(16)23/h3-7,9,14-15H,8,10-11H2,1-2H3/t14-,15-/m0/s1. The summed E-state index contributed by atoms with van der Waals surface area (Å²) in [5, 5.41) is 0.942. The molecule has 0 unspecified atom stereocenters. The van der Waals surface area contributed by atoms with E-state index in [1.165, 1.54) is 22.8 Å². The Kier molecular flexibility index (Phi) is 3.96. The molecule has 0 aliphatic carbocycles. The Hall–Kier alpha value is -2.44. The summed E-state index contributed by atoms with van der Waals surface area (Å²) in [7, 11) is 3.78. The van der Waals surface area contributed by atoms with Crippen molar-refractivity contribution < 1.29 is 4.39 Å². The van der Waals surface area contributed by atoms with Gasteiger partial charge in [0.25, 0.3) is 5.56 Å². The van der Waals surface area contributed by atoms with Crippen LogP contribution in [0.3, 0.4) is 0 Å². The number of piperazine rings is 1. The van der Waals surface area contributed by atoms with Crippen LogP contribution in [0.2, 0.25) is 5.02 Å². The summed E-state index contributed by atoms with van der Waals surface area (Å²) in [5.41, 5.74) is 1.64. The first-order valence-corrected chi connectivity index (χ1v) is 9.73. The first-order chi connectivity index (χ1) is 13.4. The molecule has 0 radical (unpaired) electrons. The van der Waals surface area contributed by atoms with Crippen LogP contribution in [0.4, 0.5) is 10.1 Å². The zero-order valence-corrected chi connectivity index (χ0v) is 16.4. The first-order valence-electron chi connectivity index (χ1n) is 9.35. The van der Waals surface area contributed by atoms with Gasteiger partial charge >= 0.3 is 0 Å². The molecular weight excluding hydrogens is 379 g/mol. The minimum Gasteiger partial charge on any atom is -0.366 e. The predicted molar refractivity (Wildman–Crippen MR) is 110 cm³/mol. The van der Waals surface area contributed by atoms with Crippen molar-refractivity contribution in [3.8, 4) is 11.4 Å². The van der Waals surface area contributed by atoms with Crippen LogP contribution in [0.15, 0.2) is 41.2 Å². The number of halogens is 2. The zero-order chi connectivity index (χ0) is 19.6. The summed E-state index contributed by atoms with van der Waals surface area (Å²) in [4.78, 5) is 22.4. The maximum Gasteiger partial charge on any atom is 0.261 e. The molecule has 0 N–H and O–H groups in total. The third-order valence-corrected chi connectivity index (χ3v) is 6.31. The maximum atomic E-state index is 14.3. The molecule has 3 heterocycles. The summed E-state index contributed by atoms with van der Waals surface area (Å²) in [6.45, 7) is 2.03. The highest BCUT2D eigenvalue weighted by Crippen LogP contribution is 2.34. The van der Waals surface area contributed by atoms with Gasteiger partial charge in [0, 0.05) is 42.9 Å². The second-order valence-electron chi connectivity index (χ2n) is 7.76. The van der Waals surface area contributed by atoms with Crippen LogP contribution in [0.5, 0.6) is 0 Å². The van der Waals surface area contributed by atoms with E-state index in [4.69, 9.17) is 11.6 Å². The number of nitrogens with zero attached hydrogens (tertiary/aromatic N) is 4. The maximum absolute atomic E-state index is 14.3. The fourth-order valence-corrected chi connectivity index (χ4v) is 4.70. The lowest BCUT2D eigenvalue weighted by Crippen LogP contribution is -2.44. The number of likely N-dealkylation sites (N-methyl/N-ethyl adjacent to an activating group) is 1. The molecule has 5 rings (SSSR count). The van der Waals surface area contributed by atoms with Gasteiger partial charge in [0.15, 0.2) is 0 Å². The van der Waals surface area contributed by atoms with Gasteiger partial charge < -0.3 is 4.90 Å². The lowest BCUT2D eigenvalue weighted by molar-refractivity contribution is 0.292. The summed E-state index contributed by atoms with van der Waals surface area (Å²) in [6.07, 6.45) is 1.16. The summed E-state index contributed by atoms with van der Waals surface area (Å²) in [6, 6.07) is 11.1. The molecule has 2 atom stereocenters. The number of hydrogen-bond donors (Lipinski definition) is 0. The highest BCUT2D eigenvalue weighted by Gasteiger charge is 2.41. The van der Waals surface area contributed by atoms with E-state index < -0.39 is 5.82 Å². The largest absolute Gasteiger partial charge is 0.366 e. The number of fused-ring (bicyclic) bond motifs is 3. The van der Waals surface area contributed by atoms with Gasteiger partial charge in [-0.2, -0.15) is 0 Å². The fourth-order valence-electron chi connectivity index (χ4n) is 4.53. The van der Waals surface area contributed by atoms with Crippen LogP contribution in [0, 0.1) is 5.82 Å². The van der Waals surface area contributed by atoms with Crippen LogP contribution in [0.1, 0.15) is 6.42 Å². The van der Waals surface area contributed by atoms with E-state index in [2.05, 4.69) is 21.8 Å². The first kappa shape index (κ1) is 17.6. The minimum atomic E-state index is -0.458. The van der Waals surface area contributed by atoms with E-state index in [0.717, 1.165) is 25.2 Å². The average Bonchev–Trinajstić information content (AvgIpc) is 3.26. The van der Waals surface area contributed by atoms with E-state index >= 15 is 0 Å². The van der Waals surface area contributed by atoms with Crippen molar-refractivity contribution in [2.75, 3.05) is 25.0 Å². The number of benzene rings is 2. The summed E-state index contributed by atoms with van der Waals surface area (Å²) < 4.78 is 15.7. The van der Waals surface area contributed by atoms with Crippen LogP contribution in [-0.2, 0) is 7.05 Å². The molecule has 2 saturated heterocycles. The Morgan fingerprint density at radius 2 is 1.93 bits per heavy atom. The Morgan fingerprint density at radius 1 is 1.11 bits per heavy atom. The van der Waals surface area contributed by atoms with E-state index in [0.29, 0.717) is 28.0 Å². The van der Waals surface area contributed by atoms with Gasteiger partial charge in [-0.15, -0.1) is 0 Å². The van der Waals surface area contributed by atoms with Crippen molar-refractivity contribution in [1.29, 1.82) is 0 Å². The molecule has 2 bridgehead atoms. The normalized spacial score (nSPS) is 21.8. The molecule has 2 aliphatic rings. The SMILES string of the molecule is CN1C[C@@H]2C[C@H]1CN2c1ccc2nc(-c3cc(Cl)ccc3F)n(C)c(=O)c2c1. The highest BCUT2D eigenvalue weighted by atomic mass is 35.5. The molecule has 28 heavy (non-hydrogen) atoms. The van der Waals surface area contributed by atoms with Gasteiger partial charge in [-0.05, 0) is 49.9 Å². The number of anilines is 1. The van der Waals surface area contributed by atoms with Crippen LogP contribution in [0.25, 0.3) is 22.3 Å². The van der Waals surface area contributed by atoms with Crippen molar-refractivity contribution >= 4 is 28.2 Å². The van der Waals surface area contributed by atoms with Crippen LogP contribution >= 0.6 is 11.6 Å². The number of likely N-dealkylation sites (tertiary alicyclic amines) is 1. The van der Waals surface area contributed by atoms with Crippen molar-refractivity contribution in [3.63, 3.8) is 0 Å². The Bertz CT molecular complexity index is 1160. The lowest BCUT2D eigenvalue weighted by atomic mass is 10.1. The molecule has 2 aliphatic heterocycles. The molecule has 0 spiro atoms. The van der Waals surface area contributed by atoms with Crippen LogP contribution < -0.4 is 10.5 Å². The smallest absolute Gasteiger partial charge is 0.261 e. The van der Waals surface area contributed by atoms with E-state index in [1.54, 1.807) is 7.05 Å². The van der Waals surface area contributed by atoms with Crippen LogP contribution in [-0.4, -0.2) is 46.7 Å². The quantitative estimate of drug-likeness (QED) is 0.664. The molecule has 5 nitrogen and oxygen atoms in total. The van der Waals surface area contributed by atoms with Crippen molar-refractivity contribution in [2.45, 2.75) is 18.5 Å². The number of hydrogen-bond acceptors (Lipinski definition) is 4. The second-order valence-corrected chi connectivity index (χ2v) is 8.20. The molecular formula is C21H20ClFN4O. The lowest BCUT2D eigenvalue weighted by Gasteiger charge is -2.33. The van der Waals surface area contributed by atoms with Crippen molar-refractivity contribution in [1.82, 2.24) is 14.5 Å². The molecule has 3 aromatic rings. The van der Waals surface area contributed by atoms with Gasteiger partial charge in [-0.25, -0.2) is 9.37 Å². The molecule has 2 aromatic carbocycles. The van der Waals surface area contributed by atoms with Gasteiger partial charge in [0.2, 0.25) is 0 Å². The Labute approximate surface area is 167 Å². The molecule has 1 aromatic heterocycles. The van der Waals surface area contributed by atoms with E-state index in [9.17, 15) is 9.18 Å². The van der Waals surface area contributed by atoms with Crippen molar-refractivity contribution in [2.24, 2.45) is 7.05 Å². The predicted octanol–water partition coefficient (Wildman–Crippen LogP) is 3.29. The third kappa shape index (κ3) is 2.63. The van der Waals surface area contributed by atoms with Gasteiger partial charge in [0.05, 0.1) is 16.5 Å². The zero-order valence-electron chi connectivity index (χ0n) is 15.7. The summed E-state index contributed by atoms with van der Waals surface area (Å²) >= 11 is 6.02. The average molecular weight is 399 g/mol.